The van der Waals surface area contributed by atoms with Crippen LogP contribution in [0.1, 0.15) is 44.9 Å². The number of piperidine rings is 1. The molecule has 1 aliphatic heterocycles. The largest absolute Gasteiger partial charge is 0.311 e. The molecule has 1 heterocycles. The standard InChI is InChI=1S/C12H19NO/c14-10-7-9-3-1-5-12(8-10)11(9)4-2-6-13-12/h9,11,13H,1-8H2/t9-,11+,12-/m1/s1. The molecule has 0 spiro atoms. The molecule has 0 radical (unpaired) electrons. The molecule has 0 aromatic carbocycles. The zero-order valence-corrected chi connectivity index (χ0v) is 8.72. The molecule has 0 amide bonds. The van der Waals surface area contributed by atoms with Crippen LogP contribution in [0.3, 0.4) is 0 Å². The lowest BCUT2D eigenvalue weighted by molar-refractivity contribution is -0.130. The van der Waals surface area contributed by atoms with E-state index in [2.05, 4.69) is 5.32 Å². The number of hydrogen-bond acceptors (Lipinski definition) is 2. The fourth-order valence-electron chi connectivity index (χ4n) is 4.15. The summed E-state index contributed by atoms with van der Waals surface area (Å²) in [5.41, 5.74) is 0.247. The number of rotatable bonds is 0. The van der Waals surface area contributed by atoms with E-state index in [1.807, 2.05) is 0 Å². The number of nitrogens with one attached hydrogen (secondary N) is 1. The summed E-state index contributed by atoms with van der Waals surface area (Å²) in [5.74, 6) is 2.06. The average molecular weight is 193 g/mol. The van der Waals surface area contributed by atoms with E-state index in [9.17, 15) is 4.79 Å². The van der Waals surface area contributed by atoms with E-state index >= 15 is 0 Å². The van der Waals surface area contributed by atoms with Crippen LogP contribution in [0.2, 0.25) is 0 Å². The summed E-state index contributed by atoms with van der Waals surface area (Å²) in [7, 11) is 0. The Kier molecular flexibility index (Phi) is 1.94. The minimum atomic E-state index is 0.247. The molecular formula is C12H19NO. The van der Waals surface area contributed by atoms with E-state index in [0.717, 1.165) is 31.2 Å². The van der Waals surface area contributed by atoms with Crippen LogP contribution in [0, 0.1) is 11.8 Å². The van der Waals surface area contributed by atoms with Gasteiger partial charge in [0.2, 0.25) is 0 Å². The van der Waals surface area contributed by atoms with Crippen molar-refractivity contribution < 1.29 is 4.79 Å². The third-order valence-corrected chi connectivity index (χ3v) is 4.65. The molecule has 0 unspecified atom stereocenters. The molecule has 1 saturated heterocycles. The molecule has 2 nitrogen and oxygen atoms in total. The van der Waals surface area contributed by atoms with Crippen LogP contribution in [0.5, 0.6) is 0 Å². The van der Waals surface area contributed by atoms with Gasteiger partial charge >= 0.3 is 0 Å². The smallest absolute Gasteiger partial charge is 0.135 e. The summed E-state index contributed by atoms with van der Waals surface area (Å²) < 4.78 is 0. The molecule has 0 aromatic rings. The van der Waals surface area contributed by atoms with Gasteiger partial charge in [0.15, 0.2) is 0 Å². The number of hydrogen-bond donors (Lipinski definition) is 1. The maximum Gasteiger partial charge on any atom is 0.135 e. The lowest BCUT2D eigenvalue weighted by Crippen LogP contribution is -2.62. The van der Waals surface area contributed by atoms with E-state index in [4.69, 9.17) is 0 Å². The van der Waals surface area contributed by atoms with Gasteiger partial charge in [0.05, 0.1) is 0 Å². The first-order valence-corrected chi connectivity index (χ1v) is 6.07. The molecule has 3 aliphatic rings. The highest BCUT2D eigenvalue weighted by atomic mass is 16.1. The first-order chi connectivity index (χ1) is 6.80. The molecule has 1 N–H and O–H groups in total. The van der Waals surface area contributed by atoms with Crippen LogP contribution in [0.15, 0.2) is 0 Å². The molecule has 2 bridgehead atoms. The lowest BCUT2D eigenvalue weighted by Gasteiger charge is -2.54. The van der Waals surface area contributed by atoms with Crippen LogP contribution < -0.4 is 5.32 Å². The third-order valence-electron chi connectivity index (χ3n) is 4.65. The molecule has 78 valence electrons. The second-order valence-corrected chi connectivity index (χ2v) is 5.40. The van der Waals surface area contributed by atoms with Gasteiger partial charge in [-0.1, -0.05) is 6.42 Å². The summed E-state index contributed by atoms with van der Waals surface area (Å²) in [6.07, 6.45) is 8.28. The monoisotopic (exact) mass is 193 g/mol. The Morgan fingerprint density at radius 1 is 1.29 bits per heavy atom. The maximum absolute atomic E-state index is 11.7. The summed E-state index contributed by atoms with van der Waals surface area (Å²) >= 11 is 0. The Balaban J connectivity index is 1.93. The van der Waals surface area contributed by atoms with Crippen molar-refractivity contribution in [1.29, 1.82) is 0 Å². The molecule has 14 heavy (non-hydrogen) atoms. The first kappa shape index (κ1) is 8.90. The van der Waals surface area contributed by atoms with E-state index in [1.165, 1.54) is 32.1 Å². The van der Waals surface area contributed by atoms with Gasteiger partial charge in [-0.2, -0.15) is 0 Å². The lowest BCUT2D eigenvalue weighted by atomic mass is 9.57. The highest BCUT2D eigenvalue weighted by Gasteiger charge is 2.51. The number of Topliss-reactive ketones (excluding diaryl/α,β-unsaturated/α-hetero) is 1. The Morgan fingerprint density at radius 3 is 3.14 bits per heavy atom. The van der Waals surface area contributed by atoms with Crippen LogP contribution in [-0.2, 0) is 4.79 Å². The predicted octanol–water partition coefficient (Wildman–Crippen LogP) is 1.89. The highest BCUT2D eigenvalue weighted by molar-refractivity contribution is 5.81. The Hall–Kier alpha value is -0.370. The fraction of sp³-hybridized carbons (Fsp3) is 0.917. The normalized spacial score (nSPS) is 47.3. The van der Waals surface area contributed by atoms with Gasteiger partial charge < -0.3 is 5.32 Å². The molecule has 0 aromatic heterocycles. The van der Waals surface area contributed by atoms with E-state index in [0.29, 0.717) is 5.78 Å². The van der Waals surface area contributed by atoms with Gasteiger partial charge in [0.1, 0.15) is 5.78 Å². The molecule has 2 aliphatic carbocycles. The van der Waals surface area contributed by atoms with Crippen molar-refractivity contribution in [1.82, 2.24) is 5.32 Å². The van der Waals surface area contributed by atoms with Crippen molar-refractivity contribution >= 4 is 5.78 Å². The van der Waals surface area contributed by atoms with E-state index in [-0.39, 0.29) is 5.54 Å². The van der Waals surface area contributed by atoms with Gasteiger partial charge in [-0.3, -0.25) is 4.79 Å². The minimum absolute atomic E-state index is 0.247. The predicted molar refractivity (Wildman–Crippen MR) is 55.0 cm³/mol. The Labute approximate surface area is 85.4 Å². The summed E-state index contributed by atoms with van der Waals surface area (Å²) in [6.45, 7) is 1.14. The Morgan fingerprint density at radius 2 is 2.21 bits per heavy atom. The van der Waals surface area contributed by atoms with Crippen molar-refractivity contribution in [2.75, 3.05) is 6.54 Å². The fourth-order valence-corrected chi connectivity index (χ4v) is 4.15. The van der Waals surface area contributed by atoms with Crippen molar-refractivity contribution in [3.8, 4) is 0 Å². The molecule has 3 rings (SSSR count). The average Bonchev–Trinajstić information content (AvgIpc) is 2.16. The summed E-state index contributed by atoms with van der Waals surface area (Å²) in [4.78, 5) is 11.7. The SMILES string of the molecule is O=C1C[C@H]2CCC[C@]3(C1)NCCC[C@@H]23. The maximum atomic E-state index is 11.7. The highest BCUT2D eigenvalue weighted by Crippen LogP contribution is 2.49. The van der Waals surface area contributed by atoms with Gasteiger partial charge in [-0.15, -0.1) is 0 Å². The quantitative estimate of drug-likeness (QED) is 0.636. The molecule has 3 fully saturated rings. The van der Waals surface area contributed by atoms with Crippen molar-refractivity contribution in [2.45, 2.75) is 50.5 Å². The van der Waals surface area contributed by atoms with E-state index in [1.54, 1.807) is 0 Å². The van der Waals surface area contributed by atoms with Gasteiger partial charge in [0, 0.05) is 18.4 Å². The summed E-state index contributed by atoms with van der Waals surface area (Å²) in [5, 5.41) is 3.68. The van der Waals surface area contributed by atoms with Crippen LogP contribution >= 0.6 is 0 Å². The number of carbonyl (C=O) groups is 1. The zero-order chi connectivity index (χ0) is 9.60. The zero-order valence-electron chi connectivity index (χ0n) is 8.72. The molecule has 3 atom stereocenters. The van der Waals surface area contributed by atoms with Gasteiger partial charge in [-0.05, 0) is 44.1 Å². The minimum Gasteiger partial charge on any atom is -0.311 e. The van der Waals surface area contributed by atoms with Crippen LogP contribution in [0.4, 0.5) is 0 Å². The number of carbonyl (C=O) groups excluding carboxylic acids is 1. The Bertz CT molecular complexity index is 259. The van der Waals surface area contributed by atoms with Crippen molar-refractivity contribution in [2.24, 2.45) is 11.8 Å². The third kappa shape index (κ3) is 1.16. The van der Waals surface area contributed by atoms with Crippen molar-refractivity contribution in [3.63, 3.8) is 0 Å². The second kappa shape index (κ2) is 3.06. The molecule has 2 saturated carbocycles. The molecular weight excluding hydrogens is 174 g/mol. The number of ketones is 1. The summed E-state index contributed by atoms with van der Waals surface area (Å²) in [6, 6.07) is 0. The van der Waals surface area contributed by atoms with Crippen LogP contribution in [-0.4, -0.2) is 17.9 Å². The van der Waals surface area contributed by atoms with Gasteiger partial charge in [-0.25, -0.2) is 0 Å². The van der Waals surface area contributed by atoms with Crippen molar-refractivity contribution in [3.05, 3.63) is 0 Å². The van der Waals surface area contributed by atoms with Gasteiger partial charge in [0.25, 0.3) is 0 Å². The topological polar surface area (TPSA) is 29.1 Å². The molecule has 2 heteroatoms. The second-order valence-electron chi connectivity index (χ2n) is 5.40. The first-order valence-electron chi connectivity index (χ1n) is 6.07. The van der Waals surface area contributed by atoms with E-state index < -0.39 is 0 Å². The van der Waals surface area contributed by atoms with Crippen LogP contribution in [0.25, 0.3) is 0 Å².